The molecule has 0 radical (unpaired) electrons. The van der Waals surface area contributed by atoms with E-state index >= 15 is 0 Å². The molecular formula is C25H23NO. The van der Waals surface area contributed by atoms with Gasteiger partial charge in [0.25, 0.3) is 0 Å². The van der Waals surface area contributed by atoms with E-state index in [2.05, 4.69) is 55.5 Å². The van der Waals surface area contributed by atoms with Gasteiger partial charge in [0.05, 0.1) is 0 Å². The lowest BCUT2D eigenvalue weighted by Crippen LogP contribution is -2.28. The number of phenolic OH excluding ortho intramolecular Hbond substituents is 1. The molecule has 1 unspecified atom stereocenters. The summed E-state index contributed by atoms with van der Waals surface area (Å²) in [5, 5.41) is 14.8. The van der Waals surface area contributed by atoms with Gasteiger partial charge in [0.1, 0.15) is 5.75 Å². The minimum atomic E-state index is 0.276. The number of rotatable bonds is 1. The zero-order valence-corrected chi connectivity index (χ0v) is 15.5. The first-order chi connectivity index (χ1) is 13.1. The van der Waals surface area contributed by atoms with Crippen molar-refractivity contribution in [2.45, 2.75) is 26.2 Å². The zero-order chi connectivity index (χ0) is 18.5. The van der Waals surface area contributed by atoms with E-state index in [1.807, 2.05) is 6.07 Å². The number of benzene rings is 3. The fraction of sp³-hybridized carbons (Fsp3) is 0.200. The topological polar surface area (TPSA) is 46.2 Å². The van der Waals surface area contributed by atoms with Gasteiger partial charge in [-0.05, 0) is 62.7 Å². The highest BCUT2D eigenvalue weighted by Gasteiger charge is 2.22. The van der Waals surface area contributed by atoms with Crippen LogP contribution in [0.15, 0.2) is 60.7 Å². The number of nitrogens with two attached hydrogens (primary N) is 1. The third-order valence-corrected chi connectivity index (χ3v) is 6.00. The lowest BCUT2D eigenvalue weighted by Gasteiger charge is -2.26. The molecule has 2 heteroatoms. The third-order valence-electron chi connectivity index (χ3n) is 6.00. The van der Waals surface area contributed by atoms with E-state index in [9.17, 15) is 5.11 Å². The van der Waals surface area contributed by atoms with Gasteiger partial charge in [-0.1, -0.05) is 61.5 Å². The molecule has 0 aromatic heterocycles. The summed E-state index contributed by atoms with van der Waals surface area (Å²) in [6, 6.07) is 20.9. The second-order valence-electron chi connectivity index (χ2n) is 7.88. The van der Waals surface area contributed by atoms with Gasteiger partial charge < -0.3 is 10.8 Å². The third kappa shape index (κ3) is 2.48. The molecule has 0 heterocycles. The van der Waals surface area contributed by atoms with Crippen molar-refractivity contribution in [2.75, 3.05) is 0 Å². The van der Waals surface area contributed by atoms with Crippen molar-refractivity contribution < 1.29 is 5.11 Å². The van der Waals surface area contributed by atoms with Crippen LogP contribution in [0.1, 0.15) is 30.0 Å². The summed E-state index contributed by atoms with van der Waals surface area (Å²) >= 11 is 0. The average molecular weight is 353 g/mol. The van der Waals surface area contributed by atoms with Crippen LogP contribution in [0.2, 0.25) is 0 Å². The lowest BCUT2D eigenvalue weighted by atomic mass is 9.79. The van der Waals surface area contributed by atoms with Gasteiger partial charge in [-0.25, -0.2) is 0 Å². The van der Waals surface area contributed by atoms with Crippen LogP contribution in [-0.4, -0.2) is 5.11 Å². The maximum absolute atomic E-state index is 10.3. The van der Waals surface area contributed by atoms with Crippen molar-refractivity contribution >= 4 is 11.3 Å². The summed E-state index contributed by atoms with van der Waals surface area (Å²) in [5.74, 6) is 0.879. The van der Waals surface area contributed by atoms with Gasteiger partial charge in [-0.3, -0.25) is 0 Å². The summed E-state index contributed by atoms with van der Waals surface area (Å²) in [5.41, 5.74) is 12.7. The van der Waals surface area contributed by atoms with Gasteiger partial charge >= 0.3 is 0 Å². The maximum atomic E-state index is 10.3. The molecule has 3 aromatic rings. The van der Waals surface area contributed by atoms with Crippen molar-refractivity contribution in [3.8, 4) is 5.75 Å². The zero-order valence-electron chi connectivity index (χ0n) is 15.5. The Balaban J connectivity index is 1.93. The first-order valence-electron chi connectivity index (χ1n) is 9.64. The monoisotopic (exact) mass is 353 g/mol. The van der Waals surface area contributed by atoms with Gasteiger partial charge in [-0.15, -0.1) is 0 Å². The van der Waals surface area contributed by atoms with Crippen LogP contribution in [0.4, 0.5) is 0 Å². The minimum absolute atomic E-state index is 0.276. The van der Waals surface area contributed by atoms with E-state index in [4.69, 9.17) is 5.73 Å². The van der Waals surface area contributed by atoms with Crippen molar-refractivity contribution in [3.05, 3.63) is 98.2 Å². The molecule has 3 N–H and O–H groups in total. The van der Waals surface area contributed by atoms with Crippen molar-refractivity contribution in [3.63, 3.8) is 0 Å². The molecule has 5 rings (SSSR count). The lowest BCUT2D eigenvalue weighted by molar-refractivity contribution is 0.469. The van der Waals surface area contributed by atoms with E-state index < -0.39 is 0 Å². The van der Waals surface area contributed by atoms with Crippen LogP contribution in [0, 0.1) is 16.4 Å². The van der Waals surface area contributed by atoms with Crippen LogP contribution in [0.3, 0.4) is 0 Å². The minimum Gasteiger partial charge on any atom is -0.507 e. The Kier molecular flexibility index (Phi) is 3.61. The second-order valence-corrected chi connectivity index (χ2v) is 7.88. The number of aromatic hydroxyl groups is 1. The number of fused-ring (bicyclic) bond motifs is 4. The first kappa shape index (κ1) is 16.2. The molecule has 2 aliphatic rings. The van der Waals surface area contributed by atoms with E-state index in [0.717, 1.165) is 29.0 Å². The van der Waals surface area contributed by atoms with Crippen LogP contribution in [-0.2, 0) is 12.8 Å². The van der Waals surface area contributed by atoms with Crippen molar-refractivity contribution in [2.24, 2.45) is 11.7 Å². The molecular weight excluding hydrogens is 330 g/mol. The fourth-order valence-corrected chi connectivity index (χ4v) is 4.84. The van der Waals surface area contributed by atoms with Crippen LogP contribution < -0.4 is 16.2 Å². The molecule has 0 spiro atoms. The van der Waals surface area contributed by atoms with Crippen molar-refractivity contribution in [1.82, 2.24) is 0 Å². The molecule has 1 atom stereocenters. The average Bonchev–Trinajstić information content (AvgIpc) is 2.68. The number of hydrogen-bond donors (Lipinski definition) is 2. The highest BCUT2D eigenvalue weighted by molar-refractivity contribution is 5.69. The molecule has 0 amide bonds. The van der Waals surface area contributed by atoms with Gasteiger partial charge in [0, 0.05) is 17.3 Å². The summed E-state index contributed by atoms with van der Waals surface area (Å²) in [4.78, 5) is 0. The van der Waals surface area contributed by atoms with E-state index in [-0.39, 0.29) is 5.75 Å². The summed E-state index contributed by atoms with van der Waals surface area (Å²) in [6.45, 7) is 2.33. The van der Waals surface area contributed by atoms with Crippen LogP contribution in [0.5, 0.6) is 5.75 Å². The van der Waals surface area contributed by atoms with Crippen LogP contribution >= 0.6 is 0 Å². The second kappa shape index (κ2) is 6.02. The van der Waals surface area contributed by atoms with Gasteiger partial charge in [0.15, 0.2) is 0 Å². The standard InChI is InChI=1S/C25H23NO/c1-15-12-20(16-6-3-2-4-7-16)18-11-10-17-19-8-5-9-24(27)25(19)23(26)14-22(17)21(18)13-15/h2-11,15,27H,12-14,26H2,1H3. The summed E-state index contributed by atoms with van der Waals surface area (Å²) in [6.07, 6.45) is 2.89. The predicted octanol–water partition coefficient (Wildman–Crippen LogP) is 3.08. The molecule has 27 heavy (non-hydrogen) atoms. The summed E-state index contributed by atoms with van der Waals surface area (Å²) in [7, 11) is 0. The molecule has 2 aliphatic carbocycles. The smallest absolute Gasteiger partial charge is 0.125 e. The fourth-order valence-electron chi connectivity index (χ4n) is 4.84. The first-order valence-corrected chi connectivity index (χ1v) is 9.64. The molecule has 2 nitrogen and oxygen atoms in total. The Morgan fingerprint density at radius 1 is 0.815 bits per heavy atom. The molecule has 0 saturated heterocycles. The predicted molar refractivity (Wildman–Crippen MR) is 109 cm³/mol. The number of hydrogen-bond acceptors (Lipinski definition) is 2. The molecule has 0 saturated carbocycles. The molecule has 0 bridgehead atoms. The highest BCUT2D eigenvalue weighted by atomic mass is 16.3. The Morgan fingerprint density at radius 3 is 2.41 bits per heavy atom. The maximum Gasteiger partial charge on any atom is 0.125 e. The molecule has 0 aliphatic heterocycles. The Hall–Kier alpha value is -3.00. The molecule has 0 fully saturated rings. The van der Waals surface area contributed by atoms with Gasteiger partial charge in [-0.2, -0.15) is 0 Å². The normalized spacial score (nSPS) is 17.9. The Morgan fingerprint density at radius 2 is 1.59 bits per heavy atom. The molecule has 134 valence electrons. The largest absolute Gasteiger partial charge is 0.507 e. The van der Waals surface area contributed by atoms with Crippen molar-refractivity contribution in [1.29, 1.82) is 0 Å². The summed E-state index contributed by atoms with van der Waals surface area (Å²) < 4.78 is 0. The Bertz CT molecular complexity index is 1270. The molecule has 3 aromatic carbocycles. The quantitative estimate of drug-likeness (QED) is 0.706. The van der Waals surface area contributed by atoms with E-state index in [1.54, 1.807) is 6.07 Å². The highest BCUT2D eigenvalue weighted by Crippen LogP contribution is 2.29. The van der Waals surface area contributed by atoms with Gasteiger partial charge in [0.2, 0.25) is 0 Å². The van der Waals surface area contributed by atoms with Crippen LogP contribution in [0.25, 0.3) is 11.3 Å². The van der Waals surface area contributed by atoms with E-state index in [1.165, 1.54) is 32.7 Å². The Labute approximate surface area is 158 Å². The SMILES string of the molecule is CC1CC(c2ccccc2)=c2ccc3c(c2C1)CC(N)=c1c(O)cccc1=3. The van der Waals surface area contributed by atoms with E-state index in [0.29, 0.717) is 12.3 Å². The number of phenols is 1.